The molecule has 1 aromatic heterocycles. The lowest BCUT2D eigenvalue weighted by atomic mass is 10.3. The molecule has 22 heavy (non-hydrogen) atoms. The number of hydrogen-bond donors (Lipinski definition) is 1. The van der Waals surface area contributed by atoms with Crippen LogP contribution in [0.4, 0.5) is 10.1 Å². The van der Waals surface area contributed by atoms with Gasteiger partial charge in [0.1, 0.15) is 16.5 Å². The number of para-hydroxylation sites is 1. The molecule has 1 aliphatic heterocycles. The maximum absolute atomic E-state index is 13.5. The van der Waals surface area contributed by atoms with E-state index in [1.807, 2.05) is 0 Å². The largest absolute Gasteiger partial charge is 0.379 e. The van der Waals surface area contributed by atoms with E-state index in [0.717, 1.165) is 31.3 Å². The number of amides is 1. The minimum absolute atomic E-state index is 0.162. The van der Waals surface area contributed by atoms with Crippen molar-refractivity contribution in [1.82, 2.24) is 9.88 Å². The predicted octanol–water partition coefficient (Wildman–Crippen LogP) is 2.37. The first-order valence-electron chi connectivity index (χ1n) is 7.03. The number of morpholine rings is 1. The Morgan fingerprint density at radius 1 is 1.36 bits per heavy atom. The number of benzene rings is 1. The second-order valence-electron chi connectivity index (χ2n) is 4.95. The third kappa shape index (κ3) is 3.68. The predicted molar refractivity (Wildman–Crippen MR) is 82.6 cm³/mol. The normalized spacial score (nSPS) is 15.7. The number of rotatable bonds is 4. The number of halogens is 1. The molecule has 0 aliphatic carbocycles. The van der Waals surface area contributed by atoms with E-state index in [-0.39, 0.29) is 5.69 Å². The fourth-order valence-corrected chi connectivity index (χ4v) is 3.00. The van der Waals surface area contributed by atoms with Gasteiger partial charge in [-0.15, -0.1) is 11.3 Å². The third-order valence-electron chi connectivity index (χ3n) is 3.37. The van der Waals surface area contributed by atoms with Gasteiger partial charge in [-0.1, -0.05) is 12.1 Å². The van der Waals surface area contributed by atoms with Crippen LogP contribution in [0.2, 0.25) is 0 Å². The summed E-state index contributed by atoms with van der Waals surface area (Å²) < 4.78 is 18.8. The molecule has 116 valence electrons. The first kappa shape index (κ1) is 15.1. The lowest BCUT2D eigenvalue weighted by Gasteiger charge is -2.25. The molecule has 2 aromatic rings. The minimum atomic E-state index is -0.459. The van der Waals surface area contributed by atoms with Gasteiger partial charge in [-0.05, 0) is 12.1 Å². The first-order chi connectivity index (χ1) is 10.7. The summed E-state index contributed by atoms with van der Waals surface area (Å²) in [5.74, 6) is -0.853. The molecule has 1 amide bonds. The molecule has 0 spiro atoms. The molecule has 5 nitrogen and oxygen atoms in total. The quantitative estimate of drug-likeness (QED) is 0.939. The highest BCUT2D eigenvalue weighted by Crippen LogP contribution is 2.17. The summed E-state index contributed by atoms with van der Waals surface area (Å²) in [5, 5.41) is 5.12. The minimum Gasteiger partial charge on any atom is -0.379 e. The van der Waals surface area contributed by atoms with Crippen LogP contribution in [0.15, 0.2) is 29.6 Å². The van der Waals surface area contributed by atoms with Crippen LogP contribution in [0.5, 0.6) is 0 Å². The molecule has 1 aliphatic rings. The molecule has 0 unspecified atom stereocenters. The van der Waals surface area contributed by atoms with E-state index >= 15 is 0 Å². The average Bonchev–Trinajstić information content (AvgIpc) is 2.99. The summed E-state index contributed by atoms with van der Waals surface area (Å²) in [6, 6.07) is 6.08. The van der Waals surface area contributed by atoms with E-state index in [1.165, 1.54) is 23.5 Å². The van der Waals surface area contributed by atoms with E-state index in [9.17, 15) is 9.18 Å². The molecular weight excluding hydrogens is 305 g/mol. The molecule has 0 bridgehead atoms. The zero-order chi connectivity index (χ0) is 15.4. The maximum atomic E-state index is 13.5. The molecular formula is C15H16FN3O2S. The molecule has 1 N–H and O–H groups in total. The Morgan fingerprint density at radius 3 is 2.91 bits per heavy atom. The van der Waals surface area contributed by atoms with Crippen LogP contribution >= 0.6 is 11.3 Å². The number of thiazole rings is 1. The third-order valence-corrected chi connectivity index (χ3v) is 4.20. The number of aromatic nitrogens is 1. The Hall–Kier alpha value is -1.83. The lowest BCUT2D eigenvalue weighted by molar-refractivity contribution is 0.0341. The molecule has 3 rings (SSSR count). The van der Waals surface area contributed by atoms with Crippen molar-refractivity contribution in [1.29, 1.82) is 0 Å². The highest BCUT2D eigenvalue weighted by molar-refractivity contribution is 7.09. The average molecular weight is 321 g/mol. The first-order valence-corrected chi connectivity index (χ1v) is 7.91. The van der Waals surface area contributed by atoms with Crippen LogP contribution < -0.4 is 5.32 Å². The summed E-state index contributed by atoms with van der Waals surface area (Å²) in [5.41, 5.74) is 0.478. The van der Waals surface area contributed by atoms with Crippen LogP contribution in [0.25, 0.3) is 0 Å². The van der Waals surface area contributed by atoms with Crippen LogP contribution in [0.1, 0.15) is 15.5 Å². The fourth-order valence-electron chi connectivity index (χ4n) is 2.19. The molecule has 0 saturated carbocycles. The van der Waals surface area contributed by atoms with Crippen LogP contribution in [0.3, 0.4) is 0 Å². The van der Waals surface area contributed by atoms with E-state index in [0.29, 0.717) is 12.2 Å². The monoisotopic (exact) mass is 321 g/mol. The zero-order valence-corrected chi connectivity index (χ0v) is 12.7. The highest BCUT2D eigenvalue weighted by atomic mass is 32.1. The number of hydrogen-bond acceptors (Lipinski definition) is 5. The molecule has 0 atom stereocenters. The van der Waals surface area contributed by atoms with Gasteiger partial charge in [-0.2, -0.15) is 0 Å². The Kier molecular flexibility index (Phi) is 4.77. The number of carbonyl (C=O) groups excluding carboxylic acids is 1. The number of anilines is 1. The second-order valence-corrected chi connectivity index (χ2v) is 5.89. The van der Waals surface area contributed by atoms with Gasteiger partial charge in [0.15, 0.2) is 0 Å². The van der Waals surface area contributed by atoms with E-state index < -0.39 is 11.7 Å². The van der Waals surface area contributed by atoms with E-state index in [1.54, 1.807) is 17.5 Å². The van der Waals surface area contributed by atoms with Crippen LogP contribution in [-0.4, -0.2) is 42.1 Å². The van der Waals surface area contributed by atoms with Gasteiger partial charge in [0, 0.05) is 18.5 Å². The SMILES string of the molecule is O=C(Nc1ccccc1F)c1csc(CN2CCOCC2)n1. The topological polar surface area (TPSA) is 54.5 Å². The molecule has 2 heterocycles. The van der Waals surface area contributed by atoms with Crippen LogP contribution in [-0.2, 0) is 11.3 Å². The van der Waals surface area contributed by atoms with Gasteiger partial charge in [-0.25, -0.2) is 9.37 Å². The fraction of sp³-hybridized carbons (Fsp3) is 0.333. The highest BCUT2D eigenvalue weighted by Gasteiger charge is 2.16. The van der Waals surface area contributed by atoms with Crippen molar-refractivity contribution in [3.05, 3.63) is 46.2 Å². The molecule has 1 aromatic carbocycles. The molecule has 1 saturated heterocycles. The standard InChI is InChI=1S/C15H16FN3O2S/c16-11-3-1-2-4-12(11)18-15(20)13-10-22-14(17-13)9-19-5-7-21-8-6-19/h1-4,10H,5-9H2,(H,18,20). The molecule has 7 heteroatoms. The number of nitrogens with one attached hydrogen (secondary N) is 1. The smallest absolute Gasteiger partial charge is 0.275 e. The second kappa shape index (κ2) is 6.95. The van der Waals surface area contributed by atoms with E-state index in [2.05, 4.69) is 15.2 Å². The summed E-state index contributed by atoms with van der Waals surface area (Å²) in [7, 11) is 0. The van der Waals surface area contributed by atoms with Gasteiger partial charge < -0.3 is 10.1 Å². The summed E-state index contributed by atoms with van der Waals surface area (Å²) in [6.45, 7) is 3.91. The van der Waals surface area contributed by atoms with Crippen molar-refractivity contribution in [2.45, 2.75) is 6.54 Å². The molecule has 1 fully saturated rings. The number of ether oxygens (including phenoxy) is 1. The number of carbonyl (C=O) groups is 1. The Morgan fingerprint density at radius 2 is 2.14 bits per heavy atom. The van der Waals surface area contributed by atoms with Gasteiger partial charge >= 0.3 is 0 Å². The Bertz CT molecular complexity index is 656. The van der Waals surface area contributed by atoms with Gasteiger partial charge in [0.2, 0.25) is 0 Å². The van der Waals surface area contributed by atoms with Crippen molar-refractivity contribution in [2.24, 2.45) is 0 Å². The van der Waals surface area contributed by atoms with Crippen molar-refractivity contribution in [3.8, 4) is 0 Å². The maximum Gasteiger partial charge on any atom is 0.275 e. The lowest BCUT2D eigenvalue weighted by Crippen LogP contribution is -2.35. The van der Waals surface area contributed by atoms with Gasteiger partial charge in [-0.3, -0.25) is 9.69 Å². The molecule has 0 radical (unpaired) electrons. The zero-order valence-electron chi connectivity index (χ0n) is 11.9. The number of nitrogens with zero attached hydrogens (tertiary/aromatic N) is 2. The Labute approximate surface area is 131 Å². The van der Waals surface area contributed by atoms with Crippen LogP contribution in [0, 0.1) is 5.82 Å². The van der Waals surface area contributed by atoms with Crippen molar-refractivity contribution >= 4 is 22.9 Å². The van der Waals surface area contributed by atoms with Crippen molar-refractivity contribution in [3.63, 3.8) is 0 Å². The Balaban J connectivity index is 1.63. The summed E-state index contributed by atoms with van der Waals surface area (Å²) >= 11 is 1.44. The van der Waals surface area contributed by atoms with Gasteiger partial charge in [0.25, 0.3) is 5.91 Å². The summed E-state index contributed by atoms with van der Waals surface area (Å²) in [4.78, 5) is 18.7. The van der Waals surface area contributed by atoms with Gasteiger partial charge in [0.05, 0.1) is 25.4 Å². The summed E-state index contributed by atoms with van der Waals surface area (Å²) in [6.07, 6.45) is 0. The van der Waals surface area contributed by atoms with E-state index in [4.69, 9.17) is 4.74 Å². The van der Waals surface area contributed by atoms with Crippen molar-refractivity contribution in [2.75, 3.05) is 31.6 Å². The van der Waals surface area contributed by atoms with Crippen molar-refractivity contribution < 1.29 is 13.9 Å².